The molecular weight excluding hydrogens is 286 g/mol. The molecule has 22 heavy (non-hydrogen) atoms. The number of hydrogen-bond acceptors (Lipinski definition) is 6. The first-order valence-corrected chi connectivity index (χ1v) is 7.85. The zero-order valence-corrected chi connectivity index (χ0v) is 13.8. The van der Waals surface area contributed by atoms with E-state index in [0.717, 1.165) is 20.3 Å². The lowest BCUT2D eigenvalue weighted by atomic mass is 10.4. The van der Waals surface area contributed by atoms with Crippen molar-refractivity contribution in [3.05, 3.63) is 0 Å². The van der Waals surface area contributed by atoms with Gasteiger partial charge in [0.15, 0.2) is 0 Å². The molecule has 1 fully saturated rings. The van der Waals surface area contributed by atoms with Crippen LogP contribution >= 0.6 is 0 Å². The normalized spacial score (nSPS) is 14.4. The Hall–Kier alpha value is -0.680. The first-order valence-electron chi connectivity index (χ1n) is 7.85. The molecule has 0 unspecified atom stereocenters. The van der Waals surface area contributed by atoms with Gasteiger partial charge in [-0.05, 0) is 25.9 Å². The molecule has 0 atom stereocenters. The zero-order chi connectivity index (χ0) is 16.3. The summed E-state index contributed by atoms with van der Waals surface area (Å²) in [5, 5.41) is 7.00. The Labute approximate surface area is 134 Å². The second-order valence-electron chi connectivity index (χ2n) is 4.64. The molecule has 1 rings (SSSR count). The Balaban J connectivity index is 0.00000211. The van der Waals surface area contributed by atoms with Gasteiger partial charge in [0.05, 0.1) is 46.2 Å². The molecule has 0 aliphatic carbocycles. The Morgan fingerprint density at radius 3 is 1.77 bits per heavy atom. The molecule has 1 heterocycles. The van der Waals surface area contributed by atoms with Gasteiger partial charge in [-0.1, -0.05) is 5.92 Å². The molecule has 0 spiro atoms. The number of aliphatic hydroxyl groups is 1. The van der Waals surface area contributed by atoms with Crippen LogP contribution in [0, 0.1) is 12.3 Å². The van der Waals surface area contributed by atoms with E-state index in [1.807, 2.05) is 0 Å². The van der Waals surface area contributed by atoms with Crippen LogP contribution in [0.5, 0.6) is 0 Å². The second kappa shape index (κ2) is 18.4. The molecular formula is C16H31NO5. The summed E-state index contributed by atoms with van der Waals surface area (Å²) in [4.78, 5) is 2.44. The van der Waals surface area contributed by atoms with E-state index in [2.05, 4.69) is 10.8 Å². The number of rotatable bonds is 13. The molecule has 6 heteroatoms. The zero-order valence-electron chi connectivity index (χ0n) is 13.8. The lowest BCUT2D eigenvalue weighted by molar-refractivity contribution is -0.000512. The molecule has 130 valence electrons. The van der Waals surface area contributed by atoms with Crippen LogP contribution in [0.15, 0.2) is 0 Å². The minimum Gasteiger partial charge on any atom is -0.400 e. The molecule has 0 aromatic rings. The van der Waals surface area contributed by atoms with Crippen LogP contribution in [-0.2, 0) is 18.9 Å². The number of ether oxygens (including phenoxy) is 4. The number of aliphatic hydroxyl groups excluding tert-OH is 1. The SMILES string of the molecule is C#CCOCCOCCOCCOCCN1CCCC1.CO. The summed E-state index contributed by atoms with van der Waals surface area (Å²) in [6.07, 6.45) is 7.70. The number of nitrogens with zero attached hydrogens (tertiary/aromatic N) is 1. The molecule has 6 nitrogen and oxygen atoms in total. The predicted octanol–water partition coefficient (Wildman–Crippen LogP) is 0.390. The van der Waals surface area contributed by atoms with Crippen molar-refractivity contribution in [2.45, 2.75) is 12.8 Å². The quantitative estimate of drug-likeness (QED) is 0.392. The van der Waals surface area contributed by atoms with Crippen LogP contribution in [0.25, 0.3) is 0 Å². The molecule has 0 radical (unpaired) electrons. The third-order valence-electron chi connectivity index (χ3n) is 3.05. The first kappa shape index (κ1) is 21.3. The largest absolute Gasteiger partial charge is 0.400 e. The molecule has 1 N–H and O–H groups in total. The predicted molar refractivity (Wildman–Crippen MR) is 85.9 cm³/mol. The molecule has 1 aliphatic heterocycles. The van der Waals surface area contributed by atoms with E-state index in [4.69, 9.17) is 30.5 Å². The molecule has 0 bridgehead atoms. The van der Waals surface area contributed by atoms with Gasteiger partial charge in [-0.2, -0.15) is 0 Å². The van der Waals surface area contributed by atoms with Crippen LogP contribution in [0.2, 0.25) is 0 Å². The second-order valence-corrected chi connectivity index (χ2v) is 4.64. The summed E-state index contributed by atoms with van der Waals surface area (Å²) in [6.45, 7) is 8.15. The summed E-state index contributed by atoms with van der Waals surface area (Å²) in [7, 11) is 1.00. The average molecular weight is 317 g/mol. The van der Waals surface area contributed by atoms with Gasteiger partial charge in [-0.15, -0.1) is 6.42 Å². The highest BCUT2D eigenvalue weighted by atomic mass is 16.6. The fourth-order valence-corrected chi connectivity index (χ4v) is 1.99. The Kier molecular flexibility index (Phi) is 17.8. The van der Waals surface area contributed by atoms with Gasteiger partial charge in [0.1, 0.15) is 6.61 Å². The topological polar surface area (TPSA) is 60.4 Å². The van der Waals surface area contributed by atoms with Crippen molar-refractivity contribution in [2.75, 3.05) is 79.6 Å². The molecule has 0 aromatic heterocycles. The van der Waals surface area contributed by atoms with Gasteiger partial charge in [0.25, 0.3) is 0 Å². The van der Waals surface area contributed by atoms with E-state index < -0.39 is 0 Å². The summed E-state index contributed by atoms with van der Waals surface area (Å²) in [5.74, 6) is 2.40. The lowest BCUT2D eigenvalue weighted by Gasteiger charge is -2.14. The summed E-state index contributed by atoms with van der Waals surface area (Å²) in [6, 6.07) is 0. The van der Waals surface area contributed by atoms with Gasteiger partial charge >= 0.3 is 0 Å². The Morgan fingerprint density at radius 1 is 0.818 bits per heavy atom. The van der Waals surface area contributed by atoms with Crippen LogP contribution in [0.4, 0.5) is 0 Å². The maximum atomic E-state index is 7.00. The maximum absolute atomic E-state index is 7.00. The van der Waals surface area contributed by atoms with Gasteiger partial charge < -0.3 is 29.0 Å². The van der Waals surface area contributed by atoms with E-state index >= 15 is 0 Å². The van der Waals surface area contributed by atoms with Crippen molar-refractivity contribution in [1.29, 1.82) is 0 Å². The van der Waals surface area contributed by atoms with E-state index in [9.17, 15) is 0 Å². The average Bonchev–Trinajstić information content (AvgIpc) is 3.07. The van der Waals surface area contributed by atoms with Gasteiger partial charge in [0, 0.05) is 13.7 Å². The minimum absolute atomic E-state index is 0.342. The van der Waals surface area contributed by atoms with E-state index in [1.165, 1.54) is 25.9 Å². The fraction of sp³-hybridized carbons (Fsp3) is 0.875. The van der Waals surface area contributed by atoms with Crippen LogP contribution in [0.3, 0.4) is 0 Å². The third-order valence-corrected chi connectivity index (χ3v) is 3.05. The Bertz CT molecular complexity index is 251. The van der Waals surface area contributed by atoms with Gasteiger partial charge in [0.2, 0.25) is 0 Å². The lowest BCUT2D eigenvalue weighted by Crippen LogP contribution is -2.24. The minimum atomic E-state index is 0.342. The molecule has 0 aromatic carbocycles. The molecule has 0 saturated carbocycles. The number of likely N-dealkylation sites (tertiary alicyclic amines) is 1. The van der Waals surface area contributed by atoms with Crippen molar-refractivity contribution in [3.8, 4) is 12.3 Å². The van der Waals surface area contributed by atoms with E-state index in [0.29, 0.717) is 46.2 Å². The number of terminal acetylenes is 1. The maximum Gasteiger partial charge on any atom is 0.107 e. The van der Waals surface area contributed by atoms with Crippen molar-refractivity contribution < 1.29 is 24.1 Å². The highest BCUT2D eigenvalue weighted by Gasteiger charge is 2.09. The Morgan fingerprint density at radius 2 is 1.27 bits per heavy atom. The van der Waals surface area contributed by atoms with Gasteiger partial charge in [-0.25, -0.2) is 0 Å². The van der Waals surface area contributed by atoms with E-state index in [-0.39, 0.29) is 0 Å². The van der Waals surface area contributed by atoms with Crippen LogP contribution in [-0.4, -0.2) is 89.6 Å². The highest BCUT2D eigenvalue weighted by molar-refractivity contribution is 4.82. The third kappa shape index (κ3) is 14.3. The molecule has 1 aliphatic rings. The van der Waals surface area contributed by atoms with Crippen LogP contribution < -0.4 is 0 Å². The van der Waals surface area contributed by atoms with E-state index in [1.54, 1.807) is 0 Å². The van der Waals surface area contributed by atoms with Crippen molar-refractivity contribution in [3.63, 3.8) is 0 Å². The van der Waals surface area contributed by atoms with Gasteiger partial charge in [-0.3, -0.25) is 0 Å². The van der Waals surface area contributed by atoms with Crippen molar-refractivity contribution in [2.24, 2.45) is 0 Å². The monoisotopic (exact) mass is 317 g/mol. The summed E-state index contributed by atoms with van der Waals surface area (Å²) in [5.41, 5.74) is 0. The first-order chi connectivity index (χ1) is 10.9. The fourth-order valence-electron chi connectivity index (χ4n) is 1.99. The number of hydrogen-bond donors (Lipinski definition) is 1. The summed E-state index contributed by atoms with van der Waals surface area (Å²) < 4.78 is 21.3. The highest BCUT2D eigenvalue weighted by Crippen LogP contribution is 2.05. The van der Waals surface area contributed by atoms with Crippen molar-refractivity contribution in [1.82, 2.24) is 4.90 Å². The summed E-state index contributed by atoms with van der Waals surface area (Å²) >= 11 is 0. The van der Waals surface area contributed by atoms with Crippen molar-refractivity contribution >= 4 is 0 Å². The smallest absolute Gasteiger partial charge is 0.107 e. The van der Waals surface area contributed by atoms with Crippen LogP contribution in [0.1, 0.15) is 12.8 Å². The molecule has 1 saturated heterocycles. The standard InChI is InChI=1S/C15H27NO4.CH4O/c1-2-8-17-10-12-19-14-15-20-13-11-18-9-7-16-5-3-4-6-16;1-2/h1H,3-15H2;2H,1H3. The molecule has 0 amide bonds.